The van der Waals surface area contributed by atoms with Gasteiger partial charge in [0.15, 0.2) is 11.5 Å². The molecule has 1 aliphatic rings. The van der Waals surface area contributed by atoms with Crippen LogP contribution in [0.25, 0.3) is 11.1 Å². The smallest absolute Gasteiger partial charge is 0.264 e. The van der Waals surface area contributed by atoms with E-state index in [1.54, 1.807) is 12.3 Å². The Morgan fingerprint density at radius 3 is 2.68 bits per heavy atom. The van der Waals surface area contributed by atoms with Crippen LogP contribution >= 0.6 is 0 Å². The number of carbonyl (C=O) groups excluding carboxylic acids is 1. The number of hydrogen-bond donors (Lipinski definition) is 2. The van der Waals surface area contributed by atoms with E-state index < -0.39 is 6.10 Å². The average molecular weight is 335 g/mol. The number of H-pyrrole nitrogens is 1. The Bertz CT molecular complexity index is 860. The van der Waals surface area contributed by atoms with E-state index in [1.165, 1.54) is 0 Å². The van der Waals surface area contributed by atoms with E-state index >= 15 is 0 Å². The van der Waals surface area contributed by atoms with Crippen molar-refractivity contribution in [2.75, 3.05) is 6.61 Å². The molecule has 3 aromatic rings. The van der Waals surface area contributed by atoms with Crippen molar-refractivity contribution in [3.05, 3.63) is 66.5 Å². The fourth-order valence-electron chi connectivity index (χ4n) is 2.68. The molecule has 2 heterocycles. The fraction of sp³-hybridized carbons (Fsp3) is 0.158. The number of fused-ring (bicyclic) bond motifs is 1. The molecule has 6 nitrogen and oxygen atoms in total. The number of para-hydroxylation sites is 2. The molecule has 4 rings (SSSR count). The van der Waals surface area contributed by atoms with Gasteiger partial charge in [-0.3, -0.25) is 9.89 Å². The summed E-state index contributed by atoms with van der Waals surface area (Å²) >= 11 is 0. The normalized spacial score (nSPS) is 15.6. The summed E-state index contributed by atoms with van der Waals surface area (Å²) < 4.78 is 11.3. The van der Waals surface area contributed by atoms with Crippen molar-refractivity contribution in [1.29, 1.82) is 0 Å². The van der Waals surface area contributed by atoms with Gasteiger partial charge in [0.25, 0.3) is 5.91 Å². The first-order chi connectivity index (χ1) is 12.3. The second kappa shape index (κ2) is 6.68. The number of rotatable bonds is 4. The zero-order valence-electron chi connectivity index (χ0n) is 13.4. The van der Waals surface area contributed by atoms with Gasteiger partial charge in [-0.05, 0) is 23.3 Å². The van der Waals surface area contributed by atoms with Crippen molar-refractivity contribution in [3.63, 3.8) is 0 Å². The number of ether oxygens (including phenoxy) is 2. The highest BCUT2D eigenvalue weighted by molar-refractivity contribution is 5.81. The number of amides is 1. The highest BCUT2D eigenvalue weighted by atomic mass is 16.6. The van der Waals surface area contributed by atoms with Crippen molar-refractivity contribution in [3.8, 4) is 22.6 Å². The number of aromatic nitrogens is 2. The molecular weight excluding hydrogens is 318 g/mol. The van der Waals surface area contributed by atoms with Gasteiger partial charge < -0.3 is 14.8 Å². The number of nitrogens with one attached hydrogen (secondary N) is 2. The minimum atomic E-state index is -0.639. The standard InChI is InChI=1S/C19H17N3O3/c23-19(18-12-24-16-3-1-2-4-17(16)25-18)20-9-13-5-7-14(8-6-13)15-10-21-22-11-15/h1-8,10-11,18H,9,12H2,(H,20,23)(H,21,22). The average Bonchev–Trinajstić information content (AvgIpc) is 3.21. The molecule has 25 heavy (non-hydrogen) atoms. The lowest BCUT2D eigenvalue weighted by molar-refractivity contribution is -0.130. The minimum absolute atomic E-state index is 0.187. The van der Waals surface area contributed by atoms with Crippen LogP contribution in [0.4, 0.5) is 0 Å². The first-order valence-electron chi connectivity index (χ1n) is 8.04. The van der Waals surface area contributed by atoms with Gasteiger partial charge in [-0.25, -0.2) is 0 Å². The fourth-order valence-corrected chi connectivity index (χ4v) is 2.68. The number of nitrogens with zero attached hydrogens (tertiary/aromatic N) is 1. The first kappa shape index (κ1) is 15.3. The van der Waals surface area contributed by atoms with Gasteiger partial charge in [0.1, 0.15) is 6.61 Å². The van der Waals surface area contributed by atoms with Crippen LogP contribution in [0.5, 0.6) is 11.5 Å². The highest BCUT2D eigenvalue weighted by Crippen LogP contribution is 2.30. The minimum Gasteiger partial charge on any atom is -0.485 e. The van der Waals surface area contributed by atoms with Gasteiger partial charge in [0.2, 0.25) is 6.10 Å². The zero-order chi connectivity index (χ0) is 17.1. The Hall–Kier alpha value is -3.28. The molecule has 0 radical (unpaired) electrons. The van der Waals surface area contributed by atoms with Crippen molar-refractivity contribution in [1.82, 2.24) is 15.5 Å². The quantitative estimate of drug-likeness (QED) is 0.768. The molecule has 126 valence electrons. The molecule has 0 fully saturated rings. The second-order valence-electron chi connectivity index (χ2n) is 5.77. The Morgan fingerprint density at radius 2 is 1.92 bits per heavy atom. The third kappa shape index (κ3) is 3.33. The molecule has 2 N–H and O–H groups in total. The van der Waals surface area contributed by atoms with Crippen LogP contribution in [0.3, 0.4) is 0 Å². The third-order valence-electron chi connectivity index (χ3n) is 4.05. The van der Waals surface area contributed by atoms with E-state index in [0.717, 1.165) is 16.7 Å². The van der Waals surface area contributed by atoms with Crippen molar-refractivity contribution in [2.45, 2.75) is 12.6 Å². The van der Waals surface area contributed by atoms with E-state index in [-0.39, 0.29) is 12.5 Å². The summed E-state index contributed by atoms with van der Waals surface area (Å²) in [6, 6.07) is 15.3. The maximum absolute atomic E-state index is 12.3. The summed E-state index contributed by atoms with van der Waals surface area (Å²) in [6.07, 6.45) is 2.98. The molecule has 1 atom stereocenters. The van der Waals surface area contributed by atoms with Gasteiger partial charge >= 0.3 is 0 Å². The molecule has 1 amide bonds. The molecule has 0 saturated carbocycles. The van der Waals surface area contributed by atoms with E-state index in [9.17, 15) is 4.79 Å². The Morgan fingerprint density at radius 1 is 1.12 bits per heavy atom. The van der Waals surface area contributed by atoms with Crippen molar-refractivity contribution >= 4 is 5.91 Å². The van der Waals surface area contributed by atoms with Crippen LogP contribution in [-0.2, 0) is 11.3 Å². The molecule has 0 saturated heterocycles. The van der Waals surface area contributed by atoms with Crippen LogP contribution in [0, 0.1) is 0 Å². The van der Waals surface area contributed by atoms with Crippen LogP contribution < -0.4 is 14.8 Å². The third-order valence-corrected chi connectivity index (χ3v) is 4.05. The summed E-state index contributed by atoms with van der Waals surface area (Å²) in [5, 5.41) is 9.63. The Labute approximate surface area is 144 Å². The van der Waals surface area contributed by atoms with Gasteiger partial charge in [-0.15, -0.1) is 0 Å². The predicted molar refractivity (Wildman–Crippen MR) is 92.2 cm³/mol. The van der Waals surface area contributed by atoms with Gasteiger partial charge in [0, 0.05) is 18.3 Å². The summed E-state index contributed by atoms with van der Waals surface area (Å²) in [7, 11) is 0. The maximum Gasteiger partial charge on any atom is 0.264 e. The Kier molecular flexibility index (Phi) is 4.08. The number of benzene rings is 2. The molecule has 0 aliphatic carbocycles. The summed E-state index contributed by atoms with van der Waals surface area (Å²) in [6.45, 7) is 0.647. The van der Waals surface area contributed by atoms with E-state index in [2.05, 4.69) is 15.5 Å². The zero-order valence-corrected chi connectivity index (χ0v) is 13.4. The number of hydrogen-bond acceptors (Lipinski definition) is 4. The molecular formula is C19H17N3O3. The summed E-state index contributed by atoms with van der Waals surface area (Å²) in [5.41, 5.74) is 3.11. The monoisotopic (exact) mass is 335 g/mol. The van der Waals surface area contributed by atoms with Crippen molar-refractivity contribution in [2.24, 2.45) is 0 Å². The molecule has 1 aliphatic heterocycles. The molecule has 6 heteroatoms. The largest absolute Gasteiger partial charge is 0.485 e. The highest BCUT2D eigenvalue weighted by Gasteiger charge is 2.26. The lowest BCUT2D eigenvalue weighted by atomic mass is 10.1. The lowest BCUT2D eigenvalue weighted by Crippen LogP contribution is -2.43. The topological polar surface area (TPSA) is 76.2 Å². The van der Waals surface area contributed by atoms with Crippen LogP contribution in [-0.4, -0.2) is 28.8 Å². The van der Waals surface area contributed by atoms with E-state index in [4.69, 9.17) is 9.47 Å². The summed E-state index contributed by atoms with van der Waals surface area (Å²) in [4.78, 5) is 12.3. The SMILES string of the molecule is O=C(NCc1ccc(-c2cn[nH]c2)cc1)C1COc2ccccc2O1. The number of carbonyl (C=O) groups is 1. The maximum atomic E-state index is 12.3. The molecule has 2 aromatic carbocycles. The predicted octanol–water partition coefficient (Wildman–Crippen LogP) is 2.53. The molecule has 0 spiro atoms. The van der Waals surface area contributed by atoms with Gasteiger partial charge in [0.05, 0.1) is 6.20 Å². The van der Waals surface area contributed by atoms with Gasteiger partial charge in [-0.2, -0.15) is 5.10 Å². The van der Waals surface area contributed by atoms with Crippen LogP contribution in [0.2, 0.25) is 0 Å². The van der Waals surface area contributed by atoms with Crippen LogP contribution in [0.15, 0.2) is 60.9 Å². The molecule has 0 bridgehead atoms. The molecule has 1 aromatic heterocycles. The van der Waals surface area contributed by atoms with Gasteiger partial charge in [-0.1, -0.05) is 36.4 Å². The summed E-state index contributed by atoms with van der Waals surface area (Å²) in [5.74, 6) is 1.08. The second-order valence-corrected chi connectivity index (χ2v) is 5.77. The van der Waals surface area contributed by atoms with Crippen molar-refractivity contribution < 1.29 is 14.3 Å². The lowest BCUT2D eigenvalue weighted by Gasteiger charge is -2.25. The van der Waals surface area contributed by atoms with E-state index in [0.29, 0.717) is 18.0 Å². The van der Waals surface area contributed by atoms with Crippen LogP contribution in [0.1, 0.15) is 5.56 Å². The first-order valence-corrected chi connectivity index (χ1v) is 8.04. The number of aromatic amines is 1. The molecule has 1 unspecified atom stereocenters. The van der Waals surface area contributed by atoms with E-state index in [1.807, 2.05) is 48.7 Å². The Balaban J connectivity index is 1.35.